The first kappa shape index (κ1) is 14.3. The van der Waals surface area contributed by atoms with E-state index in [2.05, 4.69) is 35.1 Å². The van der Waals surface area contributed by atoms with Crippen LogP contribution in [0, 0.1) is 0 Å². The fourth-order valence-corrected chi connectivity index (χ4v) is 3.59. The van der Waals surface area contributed by atoms with Crippen LogP contribution in [0.2, 0.25) is 0 Å². The van der Waals surface area contributed by atoms with Gasteiger partial charge in [0.2, 0.25) is 0 Å². The second kappa shape index (κ2) is 6.41. The zero-order valence-electron chi connectivity index (χ0n) is 12.2. The highest BCUT2D eigenvalue weighted by Gasteiger charge is 2.16. The Morgan fingerprint density at radius 1 is 1.38 bits per heavy atom. The van der Waals surface area contributed by atoms with Crippen molar-refractivity contribution in [2.45, 2.75) is 32.4 Å². The van der Waals surface area contributed by atoms with Crippen molar-refractivity contribution in [3.63, 3.8) is 0 Å². The van der Waals surface area contributed by atoms with Crippen LogP contribution in [-0.2, 0) is 13.0 Å². The Morgan fingerprint density at radius 3 is 3.05 bits per heavy atom. The minimum Gasteiger partial charge on any atom is -0.344 e. The Bertz CT molecular complexity index is 622. The lowest BCUT2D eigenvalue weighted by Crippen LogP contribution is -2.29. The summed E-state index contributed by atoms with van der Waals surface area (Å²) in [5, 5.41) is 8.54. The predicted octanol–water partition coefficient (Wildman–Crippen LogP) is 3.27. The number of rotatable bonds is 4. The number of carbonyl (C=O) groups is 1. The fraction of sp³-hybridized carbons (Fsp3) is 0.353. The first-order valence-corrected chi connectivity index (χ1v) is 8.32. The molecule has 0 saturated carbocycles. The van der Waals surface area contributed by atoms with Gasteiger partial charge < -0.3 is 10.6 Å². The highest BCUT2D eigenvalue weighted by atomic mass is 32.1. The third-order valence-electron chi connectivity index (χ3n) is 3.96. The lowest BCUT2D eigenvalue weighted by molar-refractivity contribution is 0.0936. The summed E-state index contributed by atoms with van der Waals surface area (Å²) < 4.78 is 0. The molecular formula is C17H20N2OS. The van der Waals surface area contributed by atoms with Gasteiger partial charge in [-0.2, -0.15) is 0 Å². The normalized spacial score (nSPS) is 15.3. The van der Waals surface area contributed by atoms with Gasteiger partial charge in [0.1, 0.15) is 0 Å². The summed E-state index contributed by atoms with van der Waals surface area (Å²) in [5.74, 6) is 0.0172. The minimum absolute atomic E-state index is 0.0172. The molecule has 1 unspecified atom stereocenters. The third kappa shape index (κ3) is 3.17. The van der Waals surface area contributed by atoms with E-state index in [-0.39, 0.29) is 11.9 Å². The van der Waals surface area contributed by atoms with Crippen LogP contribution in [0.15, 0.2) is 35.7 Å². The van der Waals surface area contributed by atoms with Crippen LogP contribution in [-0.4, -0.2) is 12.5 Å². The largest absolute Gasteiger partial charge is 0.344 e. The number of thiophene rings is 1. The fourth-order valence-electron chi connectivity index (χ4n) is 2.73. The first-order chi connectivity index (χ1) is 10.3. The van der Waals surface area contributed by atoms with E-state index in [1.807, 2.05) is 18.2 Å². The van der Waals surface area contributed by atoms with E-state index in [1.54, 1.807) is 11.3 Å². The quantitative estimate of drug-likeness (QED) is 0.910. The third-order valence-corrected chi connectivity index (χ3v) is 4.94. The molecule has 1 amide bonds. The average Bonchev–Trinajstić information content (AvgIpc) is 3.06. The molecule has 1 aromatic carbocycles. The molecule has 21 heavy (non-hydrogen) atoms. The Morgan fingerprint density at radius 2 is 2.29 bits per heavy atom. The van der Waals surface area contributed by atoms with Crippen molar-refractivity contribution in [3.8, 4) is 0 Å². The van der Waals surface area contributed by atoms with Crippen LogP contribution < -0.4 is 10.6 Å². The summed E-state index contributed by atoms with van der Waals surface area (Å²) in [6.07, 6.45) is 1.95. The summed E-state index contributed by atoms with van der Waals surface area (Å²) in [6, 6.07) is 10.3. The monoisotopic (exact) mass is 300 g/mol. The topological polar surface area (TPSA) is 41.1 Å². The lowest BCUT2D eigenvalue weighted by atomic mass is 9.98. The maximum Gasteiger partial charge on any atom is 0.251 e. The van der Waals surface area contributed by atoms with Gasteiger partial charge in [-0.15, -0.1) is 11.3 Å². The molecule has 0 radical (unpaired) electrons. The second-order valence-electron chi connectivity index (χ2n) is 5.36. The average molecular weight is 300 g/mol. The molecule has 3 rings (SSSR count). The summed E-state index contributed by atoms with van der Waals surface area (Å²) in [7, 11) is 0. The van der Waals surface area contributed by atoms with Gasteiger partial charge in [0.15, 0.2) is 0 Å². The van der Waals surface area contributed by atoms with Gasteiger partial charge in [0.05, 0.1) is 6.04 Å². The molecule has 0 bridgehead atoms. The molecule has 1 aliphatic heterocycles. The summed E-state index contributed by atoms with van der Waals surface area (Å²) in [4.78, 5) is 13.7. The smallest absolute Gasteiger partial charge is 0.251 e. The molecule has 0 spiro atoms. The molecule has 1 aliphatic rings. The highest BCUT2D eigenvalue weighted by Crippen LogP contribution is 2.23. The summed E-state index contributed by atoms with van der Waals surface area (Å²) >= 11 is 1.69. The SMILES string of the molecule is CCC(NC(=O)c1ccc2c(c1)CNCC2)c1cccs1. The van der Waals surface area contributed by atoms with Gasteiger partial charge in [-0.05, 0) is 54.1 Å². The molecule has 0 fully saturated rings. The summed E-state index contributed by atoms with van der Waals surface area (Å²) in [5.41, 5.74) is 3.36. The van der Waals surface area contributed by atoms with Crippen molar-refractivity contribution in [3.05, 3.63) is 57.3 Å². The van der Waals surface area contributed by atoms with E-state index >= 15 is 0 Å². The number of carbonyl (C=O) groups excluding carboxylic acids is 1. The number of hydrogen-bond acceptors (Lipinski definition) is 3. The molecule has 4 heteroatoms. The molecule has 0 saturated heterocycles. The van der Waals surface area contributed by atoms with Crippen LogP contribution in [0.5, 0.6) is 0 Å². The molecule has 1 atom stereocenters. The zero-order chi connectivity index (χ0) is 14.7. The standard InChI is InChI=1S/C17H20N2OS/c1-2-15(16-4-3-9-21-16)19-17(20)13-6-5-12-7-8-18-11-14(12)10-13/h3-6,9-10,15,18H,2,7-8,11H2,1H3,(H,19,20). The van der Waals surface area contributed by atoms with E-state index in [1.165, 1.54) is 16.0 Å². The van der Waals surface area contributed by atoms with Crippen LogP contribution in [0.3, 0.4) is 0 Å². The Balaban J connectivity index is 1.75. The van der Waals surface area contributed by atoms with Gasteiger partial charge >= 0.3 is 0 Å². The zero-order valence-corrected chi connectivity index (χ0v) is 13.0. The molecule has 3 nitrogen and oxygen atoms in total. The molecule has 2 N–H and O–H groups in total. The van der Waals surface area contributed by atoms with Gasteiger partial charge in [0.25, 0.3) is 5.91 Å². The van der Waals surface area contributed by atoms with Crippen molar-refractivity contribution < 1.29 is 4.79 Å². The maximum atomic E-state index is 12.5. The van der Waals surface area contributed by atoms with Crippen LogP contribution >= 0.6 is 11.3 Å². The highest BCUT2D eigenvalue weighted by molar-refractivity contribution is 7.10. The maximum absolute atomic E-state index is 12.5. The molecule has 2 heterocycles. The van der Waals surface area contributed by atoms with Crippen LogP contribution in [0.1, 0.15) is 45.7 Å². The Labute approximate surface area is 129 Å². The van der Waals surface area contributed by atoms with Gasteiger partial charge in [-0.1, -0.05) is 19.1 Å². The Kier molecular flexibility index (Phi) is 4.36. The van der Waals surface area contributed by atoms with Crippen LogP contribution in [0.4, 0.5) is 0 Å². The van der Waals surface area contributed by atoms with Gasteiger partial charge in [0, 0.05) is 17.0 Å². The van der Waals surface area contributed by atoms with Gasteiger partial charge in [-0.25, -0.2) is 0 Å². The molecule has 1 aromatic heterocycles. The van der Waals surface area contributed by atoms with Crippen molar-refractivity contribution in [2.75, 3.05) is 6.54 Å². The lowest BCUT2D eigenvalue weighted by Gasteiger charge is -2.19. The number of nitrogens with one attached hydrogen (secondary N) is 2. The van der Waals surface area contributed by atoms with E-state index in [9.17, 15) is 4.79 Å². The van der Waals surface area contributed by atoms with E-state index in [0.717, 1.165) is 31.5 Å². The van der Waals surface area contributed by atoms with Crippen molar-refractivity contribution in [2.24, 2.45) is 0 Å². The number of amides is 1. The molecule has 110 valence electrons. The van der Waals surface area contributed by atoms with Crippen molar-refractivity contribution in [1.29, 1.82) is 0 Å². The second-order valence-corrected chi connectivity index (χ2v) is 6.34. The van der Waals surface area contributed by atoms with E-state index in [0.29, 0.717) is 0 Å². The number of fused-ring (bicyclic) bond motifs is 1. The Hall–Kier alpha value is -1.65. The number of benzene rings is 1. The van der Waals surface area contributed by atoms with E-state index < -0.39 is 0 Å². The minimum atomic E-state index is 0.0172. The van der Waals surface area contributed by atoms with Crippen LogP contribution in [0.25, 0.3) is 0 Å². The number of hydrogen-bond donors (Lipinski definition) is 2. The molecular weight excluding hydrogens is 280 g/mol. The molecule has 0 aliphatic carbocycles. The first-order valence-electron chi connectivity index (χ1n) is 7.44. The predicted molar refractivity (Wildman–Crippen MR) is 86.7 cm³/mol. The van der Waals surface area contributed by atoms with Gasteiger partial charge in [-0.3, -0.25) is 4.79 Å². The van der Waals surface area contributed by atoms with Crippen molar-refractivity contribution >= 4 is 17.2 Å². The molecule has 2 aromatic rings. The summed E-state index contributed by atoms with van der Waals surface area (Å²) in [6.45, 7) is 3.98. The van der Waals surface area contributed by atoms with Crippen molar-refractivity contribution in [1.82, 2.24) is 10.6 Å². The van der Waals surface area contributed by atoms with E-state index in [4.69, 9.17) is 0 Å².